The fraction of sp³-hybridized carbons (Fsp3) is 0.0526. The van der Waals surface area contributed by atoms with E-state index < -0.39 is 0 Å². The van der Waals surface area contributed by atoms with Crippen LogP contribution in [0.25, 0.3) is 0 Å². The molecule has 2 heteroatoms. The summed E-state index contributed by atoms with van der Waals surface area (Å²) >= 11 is 0. The third kappa shape index (κ3) is 2.61. The Labute approximate surface area is 125 Å². The van der Waals surface area contributed by atoms with Gasteiger partial charge in [0, 0.05) is 11.4 Å². The molecule has 0 aromatic heterocycles. The first kappa shape index (κ1) is 13.3. The molecular formula is C19H18N2. The van der Waals surface area contributed by atoms with Crippen molar-refractivity contribution in [1.29, 1.82) is 0 Å². The molecule has 0 saturated heterocycles. The molecule has 0 atom stereocenters. The molecule has 0 radical (unpaired) electrons. The van der Waals surface area contributed by atoms with Crippen LogP contribution < -0.4 is 10.6 Å². The van der Waals surface area contributed by atoms with Crippen LogP contribution in [0.1, 0.15) is 5.56 Å². The molecule has 1 aliphatic heterocycles. The lowest BCUT2D eigenvalue weighted by molar-refractivity contribution is 1.17. The Morgan fingerprint density at radius 1 is 0.905 bits per heavy atom. The monoisotopic (exact) mass is 274 g/mol. The number of rotatable bonds is 1. The first-order valence-electron chi connectivity index (χ1n) is 7.02. The summed E-state index contributed by atoms with van der Waals surface area (Å²) in [6.07, 6.45) is 9.11. The molecule has 0 spiro atoms. The van der Waals surface area contributed by atoms with Crippen molar-refractivity contribution in [3.8, 4) is 0 Å². The number of benzene rings is 2. The summed E-state index contributed by atoms with van der Waals surface area (Å²) < 4.78 is 0. The summed E-state index contributed by atoms with van der Waals surface area (Å²) in [5.74, 6) is 0. The van der Waals surface area contributed by atoms with Gasteiger partial charge in [-0.2, -0.15) is 0 Å². The Bertz CT molecular complexity index is 726. The molecule has 104 valence electrons. The van der Waals surface area contributed by atoms with E-state index in [1.54, 1.807) is 0 Å². The zero-order chi connectivity index (χ0) is 14.7. The summed E-state index contributed by atoms with van der Waals surface area (Å²) in [6.45, 7) is 4.20. The van der Waals surface area contributed by atoms with E-state index in [9.17, 15) is 0 Å². The van der Waals surface area contributed by atoms with Crippen LogP contribution in [0.2, 0.25) is 0 Å². The number of hydrogen-bond donors (Lipinski definition) is 1. The van der Waals surface area contributed by atoms with Crippen LogP contribution in [0.3, 0.4) is 0 Å². The molecule has 0 amide bonds. The van der Waals surface area contributed by atoms with Crippen LogP contribution in [0.5, 0.6) is 0 Å². The molecule has 2 aromatic rings. The van der Waals surface area contributed by atoms with E-state index in [1.807, 2.05) is 42.5 Å². The zero-order valence-electron chi connectivity index (χ0n) is 11.9. The molecule has 3 rings (SSSR count). The van der Waals surface area contributed by atoms with E-state index in [0.717, 1.165) is 29.2 Å². The van der Waals surface area contributed by atoms with Gasteiger partial charge in [-0.3, -0.25) is 0 Å². The molecule has 1 aliphatic rings. The molecule has 1 heterocycles. The molecule has 0 bridgehead atoms. The van der Waals surface area contributed by atoms with Gasteiger partial charge in [-0.25, -0.2) is 0 Å². The van der Waals surface area contributed by atoms with Crippen LogP contribution in [-0.4, -0.2) is 0 Å². The SMILES string of the molecule is C=C1/C=C\C=C/Cc2ccccc2N1c1ccccc1N. The Hall–Kier alpha value is -2.74. The molecule has 0 fully saturated rings. The summed E-state index contributed by atoms with van der Waals surface area (Å²) in [5, 5.41) is 0. The van der Waals surface area contributed by atoms with Crippen LogP contribution in [0.4, 0.5) is 17.1 Å². The third-order valence-electron chi connectivity index (χ3n) is 3.57. The highest BCUT2D eigenvalue weighted by molar-refractivity contribution is 5.80. The lowest BCUT2D eigenvalue weighted by Gasteiger charge is -2.28. The Balaban J connectivity index is 2.21. The van der Waals surface area contributed by atoms with Gasteiger partial charge in [0.1, 0.15) is 0 Å². The number of nitrogen functional groups attached to an aromatic ring is 1. The summed E-state index contributed by atoms with van der Waals surface area (Å²) in [7, 11) is 0. The van der Waals surface area contributed by atoms with Gasteiger partial charge in [-0.15, -0.1) is 0 Å². The fourth-order valence-corrected chi connectivity index (χ4v) is 2.55. The van der Waals surface area contributed by atoms with Gasteiger partial charge in [0.2, 0.25) is 0 Å². The van der Waals surface area contributed by atoms with Crippen molar-refractivity contribution in [2.24, 2.45) is 0 Å². The molecule has 2 aromatic carbocycles. The molecular weight excluding hydrogens is 256 g/mol. The normalized spacial score (nSPS) is 17.3. The highest BCUT2D eigenvalue weighted by Gasteiger charge is 2.16. The quantitative estimate of drug-likeness (QED) is 0.771. The maximum absolute atomic E-state index is 6.18. The second-order valence-corrected chi connectivity index (χ2v) is 5.01. The van der Waals surface area contributed by atoms with E-state index in [1.165, 1.54) is 5.56 Å². The lowest BCUT2D eigenvalue weighted by Crippen LogP contribution is -2.17. The van der Waals surface area contributed by atoms with Crippen molar-refractivity contribution in [3.63, 3.8) is 0 Å². The maximum Gasteiger partial charge on any atom is 0.0691 e. The van der Waals surface area contributed by atoms with Crippen LogP contribution in [0, 0.1) is 0 Å². The van der Waals surface area contributed by atoms with Gasteiger partial charge in [0.15, 0.2) is 0 Å². The second kappa shape index (κ2) is 5.71. The minimum Gasteiger partial charge on any atom is -0.397 e. The van der Waals surface area contributed by atoms with Crippen LogP contribution in [-0.2, 0) is 6.42 Å². The summed E-state index contributed by atoms with van der Waals surface area (Å²) in [5.41, 5.74) is 11.2. The van der Waals surface area contributed by atoms with Crippen molar-refractivity contribution in [3.05, 3.63) is 90.7 Å². The van der Waals surface area contributed by atoms with Gasteiger partial charge < -0.3 is 10.6 Å². The predicted octanol–water partition coefficient (Wildman–Crippen LogP) is 4.59. The number of para-hydroxylation sites is 3. The highest BCUT2D eigenvalue weighted by Crippen LogP contribution is 2.36. The van der Waals surface area contributed by atoms with E-state index in [2.05, 4.69) is 41.8 Å². The third-order valence-corrected chi connectivity index (χ3v) is 3.57. The number of fused-ring (bicyclic) bond motifs is 1. The number of hydrogen-bond acceptors (Lipinski definition) is 2. The molecule has 2 nitrogen and oxygen atoms in total. The van der Waals surface area contributed by atoms with Crippen molar-refractivity contribution < 1.29 is 0 Å². The first-order chi connectivity index (χ1) is 10.3. The smallest absolute Gasteiger partial charge is 0.0691 e. The van der Waals surface area contributed by atoms with Gasteiger partial charge in [0.05, 0.1) is 11.4 Å². The van der Waals surface area contributed by atoms with E-state index in [4.69, 9.17) is 5.73 Å². The van der Waals surface area contributed by atoms with Gasteiger partial charge in [-0.1, -0.05) is 55.1 Å². The Morgan fingerprint density at radius 3 is 2.43 bits per heavy atom. The standard InChI is InChI=1S/C19H18N2/c1-15-9-3-2-4-10-16-11-5-7-13-18(16)21(15)19-14-8-6-12-17(19)20/h2-9,11-14H,1,10,20H2/b4-2-,9-3-. The number of nitrogens with zero attached hydrogens (tertiary/aromatic N) is 1. The predicted molar refractivity (Wildman–Crippen MR) is 90.6 cm³/mol. The van der Waals surface area contributed by atoms with Crippen molar-refractivity contribution in [2.75, 3.05) is 10.6 Å². The van der Waals surface area contributed by atoms with Gasteiger partial charge >= 0.3 is 0 Å². The van der Waals surface area contributed by atoms with E-state index in [0.29, 0.717) is 0 Å². The summed E-state index contributed by atoms with van der Waals surface area (Å²) in [4.78, 5) is 2.12. The average Bonchev–Trinajstić information content (AvgIpc) is 2.57. The molecule has 2 N–H and O–H groups in total. The number of anilines is 3. The van der Waals surface area contributed by atoms with Gasteiger partial charge in [0.25, 0.3) is 0 Å². The molecule has 0 aliphatic carbocycles. The minimum absolute atomic E-state index is 0.744. The van der Waals surface area contributed by atoms with Gasteiger partial charge in [-0.05, 0) is 36.3 Å². The van der Waals surface area contributed by atoms with E-state index >= 15 is 0 Å². The van der Waals surface area contributed by atoms with Crippen molar-refractivity contribution in [2.45, 2.75) is 6.42 Å². The highest BCUT2D eigenvalue weighted by atomic mass is 15.2. The lowest BCUT2D eigenvalue weighted by atomic mass is 10.1. The maximum atomic E-state index is 6.18. The average molecular weight is 274 g/mol. The first-order valence-corrected chi connectivity index (χ1v) is 7.02. The molecule has 0 saturated carbocycles. The number of nitrogens with two attached hydrogens (primary N) is 1. The zero-order valence-corrected chi connectivity index (χ0v) is 11.9. The number of allylic oxidation sites excluding steroid dienone is 4. The van der Waals surface area contributed by atoms with Crippen molar-refractivity contribution >= 4 is 17.1 Å². The second-order valence-electron chi connectivity index (χ2n) is 5.01. The van der Waals surface area contributed by atoms with Crippen LogP contribution >= 0.6 is 0 Å². The van der Waals surface area contributed by atoms with E-state index in [-0.39, 0.29) is 0 Å². The van der Waals surface area contributed by atoms with Crippen LogP contribution in [0.15, 0.2) is 85.1 Å². The summed E-state index contributed by atoms with van der Waals surface area (Å²) in [6, 6.07) is 16.2. The molecule has 21 heavy (non-hydrogen) atoms. The largest absolute Gasteiger partial charge is 0.397 e. The fourth-order valence-electron chi connectivity index (χ4n) is 2.55. The minimum atomic E-state index is 0.744. The Morgan fingerprint density at radius 2 is 1.62 bits per heavy atom. The molecule has 0 unspecified atom stereocenters. The Kier molecular flexibility index (Phi) is 3.61. The van der Waals surface area contributed by atoms with Crippen molar-refractivity contribution in [1.82, 2.24) is 0 Å². The topological polar surface area (TPSA) is 29.3 Å².